The lowest BCUT2D eigenvalue weighted by molar-refractivity contribution is -0.120. The van der Waals surface area contributed by atoms with Gasteiger partial charge in [0.15, 0.2) is 0 Å². The van der Waals surface area contributed by atoms with Crippen LogP contribution in [0.15, 0.2) is 53.9 Å². The van der Waals surface area contributed by atoms with Crippen LogP contribution >= 0.6 is 0 Å². The Morgan fingerprint density at radius 3 is 2.30 bits per heavy atom. The molecule has 140 valence electrons. The second-order valence-corrected chi connectivity index (χ2v) is 6.78. The summed E-state index contributed by atoms with van der Waals surface area (Å²) in [5.74, 6) is -0.0457. The van der Waals surface area contributed by atoms with E-state index in [-0.39, 0.29) is 17.7 Å². The van der Waals surface area contributed by atoms with Crippen LogP contribution in [0.25, 0.3) is 0 Å². The summed E-state index contributed by atoms with van der Waals surface area (Å²) >= 11 is 0. The van der Waals surface area contributed by atoms with E-state index in [1.165, 1.54) is 6.42 Å². The van der Waals surface area contributed by atoms with Crippen molar-refractivity contribution in [1.29, 1.82) is 0 Å². The third kappa shape index (κ3) is 5.23. The number of carbonyl (C=O) groups is 2. The van der Waals surface area contributed by atoms with Gasteiger partial charge in [-0.3, -0.25) is 14.6 Å². The fourth-order valence-electron chi connectivity index (χ4n) is 3.17. The summed E-state index contributed by atoms with van der Waals surface area (Å²) < 4.78 is 0. The second-order valence-electron chi connectivity index (χ2n) is 6.78. The van der Waals surface area contributed by atoms with Gasteiger partial charge in [0.1, 0.15) is 0 Å². The topological polar surface area (TPSA) is 83.4 Å². The molecule has 27 heavy (non-hydrogen) atoms. The first-order valence-electron chi connectivity index (χ1n) is 9.29. The summed E-state index contributed by atoms with van der Waals surface area (Å²) in [5, 5.41) is 7.14. The largest absolute Gasteiger partial charge is 0.326 e. The average molecular weight is 364 g/mol. The molecule has 1 fully saturated rings. The van der Waals surface area contributed by atoms with Gasteiger partial charge in [-0.05, 0) is 49.6 Å². The van der Waals surface area contributed by atoms with Gasteiger partial charge in [-0.2, -0.15) is 5.10 Å². The molecule has 0 radical (unpaired) electrons. The molecular formula is C21H24N4O2. The zero-order valence-corrected chi connectivity index (χ0v) is 15.4. The third-order valence-corrected chi connectivity index (χ3v) is 4.81. The highest BCUT2D eigenvalue weighted by atomic mass is 16.2. The molecule has 2 amide bonds. The summed E-state index contributed by atoms with van der Waals surface area (Å²) in [5.41, 5.74) is 5.38. The van der Waals surface area contributed by atoms with E-state index < -0.39 is 0 Å². The minimum Gasteiger partial charge on any atom is -0.326 e. The van der Waals surface area contributed by atoms with Crippen LogP contribution in [0.3, 0.4) is 0 Å². The fraction of sp³-hybridized carbons (Fsp3) is 0.333. The standard InChI is InChI=1S/C21H24N4O2/c1-15(24-25-21(27)18-11-13-22-14-12-18)16-7-9-19(10-8-16)23-20(26)17-5-3-2-4-6-17/h7-14,17H,2-6H2,1H3,(H,23,26)(H,25,27)/b24-15-. The molecule has 0 spiro atoms. The number of pyridine rings is 1. The molecule has 1 aliphatic rings. The van der Waals surface area contributed by atoms with Crippen LogP contribution in [0.4, 0.5) is 5.69 Å². The molecule has 2 N–H and O–H groups in total. The molecule has 3 rings (SSSR count). The Kier molecular flexibility index (Phi) is 6.30. The van der Waals surface area contributed by atoms with Crippen molar-refractivity contribution in [3.63, 3.8) is 0 Å². The Bertz CT molecular complexity index is 810. The monoisotopic (exact) mass is 364 g/mol. The molecule has 1 heterocycles. The Labute approximate surface area is 159 Å². The lowest BCUT2D eigenvalue weighted by atomic mass is 9.88. The van der Waals surface area contributed by atoms with Gasteiger partial charge in [-0.1, -0.05) is 31.4 Å². The van der Waals surface area contributed by atoms with Crippen LogP contribution in [0, 0.1) is 5.92 Å². The highest BCUT2D eigenvalue weighted by molar-refractivity contribution is 6.01. The van der Waals surface area contributed by atoms with Gasteiger partial charge < -0.3 is 5.32 Å². The van der Waals surface area contributed by atoms with E-state index in [1.807, 2.05) is 31.2 Å². The molecular weight excluding hydrogens is 340 g/mol. The second kappa shape index (κ2) is 9.07. The minimum atomic E-state index is -0.284. The van der Waals surface area contributed by atoms with Gasteiger partial charge >= 0.3 is 0 Å². The number of benzene rings is 1. The molecule has 1 aromatic carbocycles. The van der Waals surface area contributed by atoms with E-state index in [0.717, 1.165) is 36.9 Å². The summed E-state index contributed by atoms with van der Waals surface area (Å²) in [6.45, 7) is 1.82. The van der Waals surface area contributed by atoms with Gasteiger partial charge in [-0.15, -0.1) is 0 Å². The van der Waals surface area contributed by atoms with Crippen molar-refractivity contribution >= 4 is 23.2 Å². The van der Waals surface area contributed by atoms with Gasteiger partial charge in [0.2, 0.25) is 5.91 Å². The van der Waals surface area contributed by atoms with Crippen LogP contribution < -0.4 is 10.7 Å². The van der Waals surface area contributed by atoms with Crippen molar-refractivity contribution in [2.24, 2.45) is 11.0 Å². The molecule has 0 atom stereocenters. The molecule has 1 saturated carbocycles. The molecule has 0 aliphatic heterocycles. The SMILES string of the molecule is C/C(=N/NC(=O)c1ccncc1)c1ccc(NC(=O)C2CCCCC2)cc1. The molecule has 6 nitrogen and oxygen atoms in total. The zero-order valence-electron chi connectivity index (χ0n) is 15.4. The quantitative estimate of drug-likeness (QED) is 0.626. The molecule has 0 unspecified atom stereocenters. The number of aromatic nitrogens is 1. The predicted molar refractivity (Wildman–Crippen MR) is 106 cm³/mol. The Morgan fingerprint density at radius 2 is 1.63 bits per heavy atom. The van der Waals surface area contributed by atoms with Crippen LogP contribution in [-0.4, -0.2) is 22.5 Å². The van der Waals surface area contributed by atoms with Crippen molar-refractivity contribution in [3.8, 4) is 0 Å². The number of anilines is 1. The van der Waals surface area contributed by atoms with E-state index >= 15 is 0 Å². The maximum Gasteiger partial charge on any atom is 0.271 e. The van der Waals surface area contributed by atoms with Crippen LogP contribution in [0.1, 0.15) is 54.9 Å². The predicted octanol–water partition coefficient (Wildman–Crippen LogP) is 3.75. The van der Waals surface area contributed by atoms with Gasteiger partial charge in [0.05, 0.1) is 5.71 Å². The van der Waals surface area contributed by atoms with E-state index in [9.17, 15) is 9.59 Å². The number of hydrogen-bond acceptors (Lipinski definition) is 4. The lowest BCUT2D eigenvalue weighted by Gasteiger charge is -2.20. The summed E-state index contributed by atoms with van der Waals surface area (Å²) in [6.07, 6.45) is 8.59. The van der Waals surface area contributed by atoms with Crippen molar-refractivity contribution < 1.29 is 9.59 Å². The van der Waals surface area contributed by atoms with Crippen molar-refractivity contribution in [1.82, 2.24) is 10.4 Å². The third-order valence-electron chi connectivity index (χ3n) is 4.81. The van der Waals surface area contributed by atoms with E-state index in [1.54, 1.807) is 24.5 Å². The van der Waals surface area contributed by atoms with Gasteiger partial charge in [0.25, 0.3) is 5.91 Å². The molecule has 0 bridgehead atoms. The number of nitrogens with one attached hydrogen (secondary N) is 2. The first kappa shape index (κ1) is 18.8. The Hall–Kier alpha value is -3.02. The van der Waals surface area contributed by atoms with E-state index in [2.05, 4.69) is 20.8 Å². The number of hydrazone groups is 1. The Balaban J connectivity index is 1.57. The number of carbonyl (C=O) groups excluding carboxylic acids is 2. The number of nitrogens with zero attached hydrogens (tertiary/aromatic N) is 2. The van der Waals surface area contributed by atoms with Gasteiger partial charge in [0, 0.05) is 29.6 Å². The molecule has 1 aliphatic carbocycles. The van der Waals surface area contributed by atoms with E-state index in [4.69, 9.17) is 0 Å². The van der Waals surface area contributed by atoms with Crippen molar-refractivity contribution in [2.45, 2.75) is 39.0 Å². The van der Waals surface area contributed by atoms with Crippen LogP contribution in [0.5, 0.6) is 0 Å². The Morgan fingerprint density at radius 1 is 0.963 bits per heavy atom. The summed E-state index contributed by atoms with van der Waals surface area (Å²) in [7, 11) is 0. The van der Waals surface area contributed by atoms with Crippen molar-refractivity contribution in [3.05, 3.63) is 59.9 Å². The van der Waals surface area contributed by atoms with E-state index in [0.29, 0.717) is 11.3 Å². The zero-order chi connectivity index (χ0) is 19.1. The number of hydrogen-bond donors (Lipinski definition) is 2. The summed E-state index contributed by atoms with van der Waals surface area (Å²) in [6, 6.07) is 10.7. The van der Waals surface area contributed by atoms with Crippen molar-refractivity contribution in [2.75, 3.05) is 5.32 Å². The summed E-state index contributed by atoms with van der Waals surface area (Å²) in [4.78, 5) is 28.2. The molecule has 2 aromatic rings. The fourth-order valence-corrected chi connectivity index (χ4v) is 3.17. The highest BCUT2D eigenvalue weighted by Crippen LogP contribution is 2.25. The smallest absolute Gasteiger partial charge is 0.271 e. The molecule has 6 heteroatoms. The van der Waals surface area contributed by atoms with Gasteiger partial charge in [-0.25, -0.2) is 5.43 Å². The number of rotatable bonds is 5. The molecule has 0 saturated heterocycles. The minimum absolute atomic E-state index is 0.109. The van der Waals surface area contributed by atoms with Crippen LogP contribution in [-0.2, 0) is 4.79 Å². The molecule has 1 aromatic heterocycles. The average Bonchev–Trinajstić information content (AvgIpc) is 2.73. The highest BCUT2D eigenvalue weighted by Gasteiger charge is 2.20. The maximum absolute atomic E-state index is 12.3. The maximum atomic E-state index is 12.3. The first-order chi connectivity index (χ1) is 13.1. The van der Waals surface area contributed by atoms with Crippen LogP contribution in [0.2, 0.25) is 0 Å². The first-order valence-corrected chi connectivity index (χ1v) is 9.29. The number of amides is 2. The lowest BCUT2D eigenvalue weighted by Crippen LogP contribution is -2.24. The normalized spacial score (nSPS) is 15.2.